The molecule has 0 unspecified atom stereocenters. The van der Waals surface area contributed by atoms with Crippen molar-refractivity contribution in [2.75, 3.05) is 31.1 Å². The Labute approximate surface area is 201 Å². The molecule has 1 amide bonds. The van der Waals surface area contributed by atoms with E-state index in [2.05, 4.69) is 68.1 Å². The molecule has 5 heteroatoms. The fourth-order valence-electron chi connectivity index (χ4n) is 4.57. The van der Waals surface area contributed by atoms with Crippen molar-refractivity contribution < 1.29 is 4.79 Å². The summed E-state index contributed by atoms with van der Waals surface area (Å²) in [6.45, 7) is 9.36. The fourth-order valence-corrected chi connectivity index (χ4v) is 4.57. The van der Waals surface area contributed by atoms with E-state index in [-0.39, 0.29) is 5.91 Å². The number of piperazine rings is 1. The summed E-state index contributed by atoms with van der Waals surface area (Å²) in [5.74, 6) is 0.0240. The van der Waals surface area contributed by atoms with Gasteiger partial charge in [0.2, 0.25) is 0 Å². The fraction of sp³-hybridized carbons (Fsp3) is 0.241. The lowest BCUT2D eigenvalue weighted by atomic mass is 10.0. The first-order chi connectivity index (χ1) is 16.5. The van der Waals surface area contributed by atoms with Gasteiger partial charge in [-0.1, -0.05) is 48.5 Å². The van der Waals surface area contributed by atoms with E-state index >= 15 is 0 Å². The van der Waals surface area contributed by atoms with Crippen LogP contribution in [0.2, 0.25) is 0 Å². The minimum absolute atomic E-state index is 0.0240. The number of rotatable bonds is 4. The molecule has 172 valence electrons. The van der Waals surface area contributed by atoms with Crippen LogP contribution < -0.4 is 4.90 Å². The van der Waals surface area contributed by atoms with Crippen LogP contribution in [-0.4, -0.2) is 46.8 Å². The second kappa shape index (κ2) is 9.18. The lowest BCUT2D eigenvalue weighted by molar-refractivity contribution is 0.0737. The summed E-state index contributed by atoms with van der Waals surface area (Å²) in [6.07, 6.45) is 0. The lowest BCUT2D eigenvalue weighted by Crippen LogP contribution is -2.49. The Morgan fingerprint density at radius 1 is 0.735 bits per heavy atom. The third-order valence-electron chi connectivity index (χ3n) is 6.75. The normalized spacial score (nSPS) is 13.9. The molecule has 2 heterocycles. The molecule has 1 saturated heterocycles. The lowest BCUT2D eigenvalue weighted by Gasteiger charge is -2.36. The molecular formula is C29H30N4O. The Hall–Kier alpha value is -3.86. The summed E-state index contributed by atoms with van der Waals surface area (Å²) >= 11 is 0. The molecular weight excluding hydrogens is 420 g/mol. The molecule has 5 nitrogen and oxygen atoms in total. The topological polar surface area (TPSA) is 41.4 Å². The summed E-state index contributed by atoms with van der Waals surface area (Å²) in [5.41, 5.74) is 8.30. The van der Waals surface area contributed by atoms with Crippen LogP contribution in [-0.2, 0) is 0 Å². The van der Waals surface area contributed by atoms with Crippen molar-refractivity contribution in [3.05, 3.63) is 101 Å². The summed E-state index contributed by atoms with van der Waals surface area (Å²) in [5, 5.41) is 4.87. The molecule has 1 aliphatic rings. The van der Waals surface area contributed by atoms with E-state index in [1.807, 2.05) is 41.3 Å². The Bertz CT molecular complexity index is 1320. The standard InChI is InChI=1S/C29H30N4O/c1-21-13-14-24(19-23(21)3)26-20-28(33(30-26)25-10-5-4-6-11-25)29(34)32-17-15-31(16-18-32)27-12-8-7-9-22(27)2/h4-14,19-20H,15-18H2,1-3H3. The smallest absolute Gasteiger partial charge is 0.272 e. The van der Waals surface area contributed by atoms with Gasteiger partial charge in [0.15, 0.2) is 0 Å². The number of hydrogen-bond donors (Lipinski definition) is 0. The molecule has 1 aliphatic heterocycles. The zero-order valence-electron chi connectivity index (χ0n) is 20.0. The van der Waals surface area contributed by atoms with E-state index in [0.29, 0.717) is 18.8 Å². The van der Waals surface area contributed by atoms with Gasteiger partial charge in [0.05, 0.1) is 11.4 Å². The van der Waals surface area contributed by atoms with E-state index in [9.17, 15) is 4.79 Å². The van der Waals surface area contributed by atoms with Gasteiger partial charge < -0.3 is 9.80 Å². The number of anilines is 1. The molecule has 34 heavy (non-hydrogen) atoms. The third-order valence-corrected chi connectivity index (χ3v) is 6.75. The second-order valence-electron chi connectivity index (χ2n) is 9.03. The van der Waals surface area contributed by atoms with E-state index in [0.717, 1.165) is 30.0 Å². The summed E-state index contributed by atoms with van der Waals surface area (Å²) in [6, 6.07) is 26.6. The van der Waals surface area contributed by atoms with Gasteiger partial charge >= 0.3 is 0 Å². The number of aromatic nitrogens is 2. The molecule has 0 N–H and O–H groups in total. The molecule has 0 atom stereocenters. The maximum atomic E-state index is 13.7. The molecule has 0 aliphatic carbocycles. The Morgan fingerprint density at radius 3 is 2.15 bits per heavy atom. The van der Waals surface area contributed by atoms with Gasteiger partial charge in [-0.15, -0.1) is 0 Å². The van der Waals surface area contributed by atoms with Crippen LogP contribution in [0.3, 0.4) is 0 Å². The maximum Gasteiger partial charge on any atom is 0.272 e. The first-order valence-corrected chi connectivity index (χ1v) is 11.8. The highest BCUT2D eigenvalue weighted by Crippen LogP contribution is 2.26. The average Bonchev–Trinajstić information content (AvgIpc) is 3.32. The van der Waals surface area contributed by atoms with Crippen molar-refractivity contribution in [3.8, 4) is 16.9 Å². The van der Waals surface area contributed by atoms with E-state index in [4.69, 9.17) is 5.10 Å². The van der Waals surface area contributed by atoms with Crippen molar-refractivity contribution in [2.24, 2.45) is 0 Å². The number of carbonyl (C=O) groups excluding carboxylic acids is 1. The Balaban J connectivity index is 1.44. The quantitative estimate of drug-likeness (QED) is 0.416. The van der Waals surface area contributed by atoms with Crippen molar-refractivity contribution in [1.82, 2.24) is 14.7 Å². The number of benzene rings is 3. The SMILES string of the molecule is Cc1ccc(-c2cc(C(=O)N3CCN(c4ccccc4C)CC3)n(-c3ccccc3)n2)cc1C. The molecule has 4 aromatic rings. The Kier molecular flexibility index (Phi) is 5.93. The number of amides is 1. The minimum atomic E-state index is 0.0240. The highest BCUT2D eigenvalue weighted by atomic mass is 16.2. The van der Waals surface area contributed by atoms with Crippen LogP contribution in [0.15, 0.2) is 78.9 Å². The van der Waals surface area contributed by atoms with Crippen LogP contribution in [0, 0.1) is 20.8 Å². The minimum Gasteiger partial charge on any atom is -0.368 e. The molecule has 0 spiro atoms. The summed E-state index contributed by atoms with van der Waals surface area (Å²) in [4.78, 5) is 18.0. The molecule has 1 fully saturated rings. The van der Waals surface area contributed by atoms with Crippen molar-refractivity contribution >= 4 is 11.6 Å². The van der Waals surface area contributed by atoms with E-state index in [1.165, 1.54) is 22.4 Å². The number of hydrogen-bond acceptors (Lipinski definition) is 3. The van der Waals surface area contributed by atoms with Gasteiger partial charge in [-0.3, -0.25) is 4.79 Å². The van der Waals surface area contributed by atoms with Gasteiger partial charge in [-0.05, 0) is 67.8 Å². The van der Waals surface area contributed by atoms with Crippen molar-refractivity contribution in [3.63, 3.8) is 0 Å². The molecule has 0 saturated carbocycles. The highest BCUT2D eigenvalue weighted by Gasteiger charge is 2.26. The van der Waals surface area contributed by atoms with Gasteiger partial charge in [0, 0.05) is 37.4 Å². The van der Waals surface area contributed by atoms with Gasteiger partial charge in [0.25, 0.3) is 5.91 Å². The van der Waals surface area contributed by atoms with Gasteiger partial charge in [-0.25, -0.2) is 4.68 Å². The predicted octanol–water partition coefficient (Wildman–Crippen LogP) is 5.43. The van der Waals surface area contributed by atoms with Crippen LogP contribution in [0.5, 0.6) is 0 Å². The predicted molar refractivity (Wildman–Crippen MR) is 138 cm³/mol. The average molecular weight is 451 g/mol. The zero-order valence-corrected chi connectivity index (χ0v) is 20.0. The second-order valence-corrected chi connectivity index (χ2v) is 9.03. The summed E-state index contributed by atoms with van der Waals surface area (Å²) in [7, 11) is 0. The van der Waals surface area contributed by atoms with Gasteiger partial charge in [0.1, 0.15) is 5.69 Å². The van der Waals surface area contributed by atoms with Crippen molar-refractivity contribution in [1.29, 1.82) is 0 Å². The molecule has 5 rings (SSSR count). The Morgan fingerprint density at radius 2 is 1.44 bits per heavy atom. The molecule has 0 radical (unpaired) electrons. The zero-order chi connectivity index (χ0) is 23.7. The molecule has 3 aromatic carbocycles. The van der Waals surface area contributed by atoms with Crippen molar-refractivity contribution in [2.45, 2.75) is 20.8 Å². The first-order valence-electron chi connectivity index (χ1n) is 11.8. The molecule has 0 bridgehead atoms. The van der Waals surface area contributed by atoms with E-state index in [1.54, 1.807) is 4.68 Å². The third kappa shape index (κ3) is 4.21. The van der Waals surface area contributed by atoms with Crippen LogP contribution >= 0.6 is 0 Å². The number of para-hydroxylation sites is 2. The molecule has 1 aromatic heterocycles. The van der Waals surface area contributed by atoms with E-state index < -0.39 is 0 Å². The maximum absolute atomic E-state index is 13.7. The number of aryl methyl sites for hydroxylation is 3. The van der Waals surface area contributed by atoms with Crippen LogP contribution in [0.4, 0.5) is 5.69 Å². The monoisotopic (exact) mass is 450 g/mol. The van der Waals surface area contributed by atoms with Crippen LogP contribution in [0.1, 0.15) is 27.2 Å². The number of nitrogens with zero attached hydrogens (tertiary/aromatic N) is 4. The first kappa shape index (κ1) is 22.0. The largest absolute Gasteiger partial charge is 0.368 e. The number of carbonyl (C=O) groups is 1. The highest BCUT2D eigenvalue weighted by molar-refractivity contribution is 5.94. The summed E-state index contributed by atoms with van der Waals surface area (Å²) < 4.78 is 1.79. The van der Waals surface area contributed by atoms with Gasteiger partial charge in [-0.2, -0.15) is 5.10 Å². The van der Waals surface area contributed by atoms with Crippen LogP contribution in [0.25, 0.3) is 16.9 Å².